The standard InChI is InChI=1S/C44H42N4/c1-27(2)39-29(25-45)30(26-46)41(47-35-21-13-9-17-31(35)43(5,6)32-18-10-14-22-36(32)47)42(40(39)28(3)4)48-37-23-15-11-19-33(37)44(7,8)34-20-12-16-24-38(34)48/h9-24,27-28H,1-8H3. The maximum absolute atomic E-state index is 11.2. The molecule has 0 atom stereocenters. The van der Waals surface area contributed by atoms with E-state index in [0.717, 1.165) is 45.3 Å². The zero-order valence-electron chi connectivity index (χ0n) is 29.2. The van der Waals surface area contributed by atoms with Crippen LogP contribution in [0, 0.1) is 22.7 Å². The Morgan fingerprint density at radius 1 is 0.458 bits per heavy atom. The van der Waals surface area contributed by atoms with Crippen molar-refractivity contribution in [1.82, 2.24) is 0 Å². The highest BCUT2D eigenvalue weighted by Gasteiger charge is 2.44. The lowest BCUT2D eigenvalue weighted by Gasteiger charge is -2.47. The van der Waals surface area contributed by atoms with E-state index in [1.165, 1.54) is 22.3 Å². The van der Waals surface area contributed by atoms with E-state index in [2.05, 4.69) is 174 Å². The van der Waals surface area contributed by atoms with Gasteiger partial charge in [-0.05, 0) is 69.5 Å². The lowest BCUT2D eigenvalue weighted by molar-refractivity contribution is 0.629. The summed E-state index contributed by atoms with van der Waals surface area (Å²) in [6.07, 6.45) is 0. The Hall–Kier alpha value is -5.32. The topological polar surface area (TPSA) is 54.1 Å². The monoisotopic (exact) mass is 626 g/mol. The fraction of sp³-hybridized carbons (Fsp3) is 0.273. The van der Waals surface area contributed by atoms with Crippen molar-refractivity contribution in [3.63, 3.8) is 0 Å². The molecular formula is C44H42N4. The molecule has 0 spiro atoms. The average Bonchev–Trinajstić information content (AvgIpc) is 3.08. The van der Waals surface area contributed by atoms with Crippen LogP contribution < -0.4 is 9.80 Å². The first kappa shape index (κ1) is 31.3. The summed E-state index contributed by atoms with van der Waals surface area (Å²) in [4.78, 5) is 4.69. The second-order valence-corrected chi connectivity index (χ2v) is 14.8. The van der Waals surface area contributed by atoms with E-state index >= 15 is 0 Å². The number of nitrogens with zero attached hydrogens (tertiary/aromatic N) is 4. The van der Waals surface area contributed by atoms with Gasteiger partial charge in [-0.3, -0.25) is 0 Å². The number of benzene rings is 5. The van der Waals surface area contributed by atoms with Crippen molar-refractivity contribution in [1.29, 1.82) is 10.5 Å². The Bertz CT molecular complexity index is 2090. The molecule has 2 heterocycles. The van der Waals surface area contributed by atoms with E-state index in [0.29, 0.717) is 11.1 Å². The first-order chi connectivity index (χ1) is 23.0. The van der Waals surface area contributed by atoms with Gasteiger partial charge in [-0.15, -0.1) is 0 Å². The van der Waals surface area contributed by atoms with Crippen molar-refractivity contribution in [2.75, 3.05) is 9.80 Å². The summed E-state index contributed by atoms with van der Waals surface area (Å²) in [6.45, 7) is 17.9. The third kappa shape index (κ3) is 4.26. The molecule has 7 rings (SSSR count). The average molecular weight is 627 g/mol. The highest BCUT2D eigenvalue weighted by Crippen LogP contribution is 2.61. The molecule has 4 nitrogen and oxygen atoms in total. The Morgan fingerprint density at radius 2 is 0.771 bits per heavy atom. The molecule has 2 aliphatic rings. The maximum atomic E-state index is 11.2. The van der Waals surface area contributed by atoms with Gasteiger partial charge in [0.15, 0.2) is 0 Å². The molecule has 48 heavy (non-hydrogen) atoms. The molecule has 0 N–H and O–H groups in total. The van der Waals surface area contributed by atoms with Crippen molar-refractivity contribution in [2.45, 2.75) is 78.1 Å². The molecule has 4 heteroatoms. The molecule has 0 aromatic heterocycles. The molecule has 0 saturated heterocycles. The summed E-state index contributed by atoms with van der Waals surface area (Å²) in [7, 11) is 0. The van der Waals surface area contributed by atoms with Crippen LogP contribution in [-0.2, 0) is 10.8 Å². The molecule has 0 fully saturated rings. The Labute approximate surface area is 285 Å². The zero-order chi connectivity index (χ0) is 34.1. The van der Waals surface area contributed by atoms with Crippen molar-refractivity contribution >= 4 is 34.1 Å². The van der Waals surface area contributed by atoms with Crippen molar-refractivity contribution in [3.8, 4) is 12.1 Å². The first-order valence-electron chi connectivity index (χ1n) is 17.0. The van der Waals surface area contributed by atoms with Crippen LogP contribution in [0.3, 0.4) is 0 Å². The maximum Gasteiger partial charge on any atom is 0.103 e. The summed E-state index contributed by atoms with van der Waals surface area (Å²) in [5.74, 6) is 0.0699. The number of fused-ring (bicyclic) bond motifs is 4. The Morgan fingerprint density at radius 3 is 1.08 bits per heavy atom. The molecule has 0 aliphatic carbocycles. The summed E-state index contributed by atoms with van der Waals surface area (Å²) < 4.78 is 0. The number of rotatable bonds is 4. The predicted molar refractivity (Wildman–Crippen MR) is 198 cm³/mol. The van der Waals surface area contributed by atoms with E-state index in [-0.39, 0.29) is 22.7 Å². The summed E-state index contributed by atoms with van der Waals surface area (Å²) >= 11 is 0. The van der Waals surface area contributed by atoms with Crippen LogP contribution in [0.15, 0.2) is 97.1 Å². The molecule has 0 saturated carbocycles. The fourth-order valence-corrected chi connectivity index (χ4v) is 8.43. The highest BCUT2D eigenvalue weighted by atomic mass is 15.2. The van der Waals surface area contributed by atoms with Gasteiger partial charge < -0.3 is 9.80 Å². The van der Waals surface area contributed by atoms with E-state index in [9.17, 15) is 10.5 Å². The van der Waals surface area contributed by atoms with Gasteiger partial charge in [0.05, 0.1) is 45.3 Å². The lowest BCUT2D eigenvalue weighted by Crippen LogP contribution is -2.34. The van der Waals surface area contributed by atoms with E-state index in [1.807, 2.05) is 0 Å². The zero-order valence-corrected chi connectivity index (χ0v) is 29.2. The Balaban J connectivity index is 1.75. The second-order valence-electron chi connectivity index (χ2n) is 14.8. The minimum atomic E-state index is -0.276. The van der Waals surface area contributed by atoms with Crippen LogP contribution >= 0.6 is 0 Å². The predicted octanol–water partition coefficient (Wildman–Crippen LogP) is 11.9. The van der Waals surface area contributed by atoms with Gasteiger partial charge in [0.1, 0.15) is 12.1 Å². The number of anilines is 6. The molecule has 0 radical (unpaired) electrons. The van der Waals surface area contributed by atoms with Crippen LogP contribution in [-0.4, -0.2) is 0 Å². The molecule has 238 valence electrons. The van der Waals surface area contributed by atoms with Gasteiger partial charge in [0, 0.05) is 10.8 Å². The van der Waals surface area contributed by atoms with Gasteiger partial charge in [-0.25, -0.2) is 0 Å². The quantitative estimate of drug-likeness (QED) is 0.199. The molecule has 2 aliphatic heterocycles. The SMILES string of the molecule is CC(C)c1c(C#N)c(C#N)c(N2c3ccccc3C(C)(C)c3ccccc32)c(N2c3ccccc3C(C)(C)c3ccccc32)c1C(C)C. The van der Waals surface area contributed by atoms with Crippen LogP contribution in [0.4, 0.5) is 34.1 Å². The van der Waals surface area contributed by atoms with Crippen LogP contribution in [0.5, 0.6) is 0 Å². The number of nitriles is 2. The molecular weight excluding hydrogens is 585 g/mol. The van der Waals surface area contributed by atoms with Gasteiger partial charge in [0.25, 0.3) is 0 Å². The number of para-hydroxylation sites is 4. The fourth-order valence-electron chi connectivity index (χ4n) is 8.43. The van der Waals surface area contributed by atoms with Gasteiger partial charge in [-0.2, -0.15) is 10.5 Å². The molecule has 0 bridgehead atoms. The summed E-state index contributed by atoms with van der Waals surface area (Å²) in [5.41, 5.74) is 13.1. The number of hydrogen-bond acceptors (Lipinski definition) is 4. The molecule has 5 aromatic rings. The lowest BCUT2D eigenvalue weighted by atomic mass is 9.72. The second kappa shape index (κ2) is 11.1. The van der Waals surface area contributed by atoms with Crippen LogP contribution in [0.2, 0.25) is 0 Å². The van der Waals surface area contributed by atoms with Crippen LogP contribution in [0.1, 0.15) is 112 Å². The largest absolute Gasteiger partial charge is 0.307 e. The van der Waals surface area contributed by atoms with Crippen molar-refractivity contribution in [2.24, 2.45) is 0 Å². The minimum Gasteiger partial charge on any atom is -0.307 e. The minimum absolute atomic E-state index is 0.0172. The van der Waals surface area contributed by atoms with E-state index < -0.39 is 0 Å². The van der Waals surface area contributed by atoms with Crippen molar-refractivity contribution in [3.05, 3.63) is 142 Å². The van der Waals surface area contributed by atoms with Gasteiger partial charge in [0.2, 0.25) is 0 Å². The highest BCUT2D eigenvalue weighted by molar-refractivity contribution is 6.01. The van der Waals surface area contributed by atoms with Crippen molar-refractivity contribution < 1.29 is 0 Å². The van der Waals surface area contributed by atoms with Gasteiger partial charge in [-0.1, -0.05) is 128 Å². The summed E-state index contributed by atoms with van der Waals surface area (Å²) in [6, 6.07) is 39.6. The van der Waals surface area contributed by atoms with Gasteiger partial charge >= 0.3 is 0 Å². The van der Waals surface area contributed by atoms with E-state index in [4.69, 9.17) is 0 Å². The normalized spacial score (nSPS) is 15.2. The first-order valence-corrected chi connectivity index (χ1v) is 17.0. The Kier molecular flexibility index (Phi) is 7.26. The van der Waals surface area contributed by atoms with Crippen LogP contribution in [0.25, 0.3) is 0 Å². The van der Waals surface area contributed by atoms with E-state index in [1.54, 1.807) is 0 Å². The third-order valence-corrected chi connectivity index (χ3v) is 10.6. The molecule has 0 amide bonds. The third-order valence-electron chi connectivity index (χ3n) is 10.6. The number of hydrogen-bond donors (Lipinski definition) is 0. The smallest absolute Gasteiger partial charge is 0.103 e. The molecule has 5 aromatic carbocycles. The molecule has 0 unspecified atom stereocenters. The summed E-state index contributed by atoms with van der Waals surface area (Å²) in [5, 5.41) is 22.2.